The first kappa shape index (κ1) is 10.4. The first-order valence-electron chi connectivity index (χ1n) is 4.97. The molecule has 1 N–H and O–H groups in total. The minimum atomic E-state index is -0.416. The molecule has 0 bridgehead atoms. The normalized spacial score (nSPS) is 10.4. The topological polar surface area (TPSA) is 54.9 Å². The van der Waals surface area contributed by atoms with E-state index in [9.17, 15) is 9.59 Å². The summed E-state index contributed by atoms with van der Waals surface area (Å²) in [6, 6.07) is 7.18. The van der Waals surface area contributed by atoms with Crippen LogP contribution in [-0.2, 0) is 0 Å². The van der Waals surface area contributed by atoms with E-state index in [1.54, 1.807) is 0 Å². The van der Waals surface area contributed by atoms with Crippen LogP contribution in [-0.4, -0.2) is 9.55 Å². The Morgan fingerprint density at radius 2 is 1.88 bits per heavy atom. The van der Waals surface area contributed by atoms with Crippen molar-refractivity contribution in [3.63, 3.8) is 0 Å². The van der Waals surface area contributed by atoms with Crippen LogP contribution >= 0.6 is 0 Å². The van der Waals surface area contributed by atoms with Gasteiger partial charge in [0.05, 0.1) is 5.69 Å². The van der Waals surface area contributed by atoms with Gasteiger partial charge in [0.2, 0.25) is 0 Å². The molecule has 0 fully saturated rings. The molecular formula is C12H12N2O2. The molecule has 16 heavy (non-hydrogen) atoms. The largest absolute Gasteiger partial charge is 0.332 e. The van der Waals surface area contributed by atoms with Crippen molar-refractivity contribution in [1.29, 1.82) is 0 Å². The molecule has 0 spiro atoms. The average molecular weight is 216 g/mol. The monoisotopic (exact) mass is 216 g/mol. The van der Waals surface area contributed by atoms with Gasteiger partial charge in [0.15, 0.2) is 0 Å². The molecule has 0 amide bonds. The Morgan fingerprint density at radius 1 is 1.12 bits per heavy atom. The minimum absolute atomic E-state index is 0.383. The number of nitrogens with zero attached hydrogens (tertiary/aromatic N) is 1. The molecule has 0 unspecified atom stereocenters. The molecule has 0 aliphatic heterocycles. The van der Waals surface area contributed by atoms with E-state index < -0.39 is 5.69 Å². The van der Waals surface area contributed by atoms with E-state index in [-0.39, 0.29) is 5.56 Å². The van der Waals surface area contributed by atoms with Gasteiger partial charge in [-0.1, -0.05) is 12.1 Å². The smallest absolute Gasteiger partial charge is 0.274 e. The Balaban J connectivity index is 2.72. The highest BCUT2D eigenvalue weighted by Crippen LogP contribution is 2.13. The van der Waals surface area contributed by atoms with Crippen LogP contribution in [0.1, 0.15) is 11.1 Å². The third-order valence-electron chi connectivity index (χ3n) is 2.45. The van der Waals surface area contributed by atoms with Gasteiger partial charge in [-0.25, -0.2) is 4.79 Å². The van der Waals surface area contributed by atoms with Gasteiger partial charge in [0.25, 0.3) is 5.56 Å². The third kappa shape index (κ3) is 1.82. The van der Waals surface area contributed by atoms with Crippen LogP contribution in [0.25, 0.3) is 5.69 Å². The molecule has 1 aromatic carbocycles. The maximum Gasteiger partial charge on any atom is 0.332 e. The molecule has 0 radical (unpaired) electrons. The van der Waals surface area contributed by atoms with Crippen molar-refractivity contribution in [1.82, 2.24) is 9.55 Å². The highest BCUT2D eigenvalue weighted by Gasteiger charge is 2.03. The van der Waals surface area contributed by atoms with Crippen LogP contribution in [0.2, 0.25) is 0 Å². The highest BCUT2D eigenvalue weighted by molar-refractivity contribution is 5.42. The second-order valence-corrected chi connectivity index (χ2v) is 3.77. The van der Waals surface area contributed by atoms with E-state index in [4.69, 9.17) is 0 Å². The molecule has 2 rings (SSSR count). The third-order valence-corrected chi connectivity index (χ3v) is 2.45. The van der Waals surface area contributed by atoms with Gasteiger partial charge >= 0.3 is 5.69 Å². The number of nitrogens with one attached hydrogen (secondary N) is 1. The van der Waals surface area contributed by atoms with Crippen LogP contribution in [0.4, 0.5) is 0 Å². The molecule has 4 heteroatoms. The van der Waals surface area contributed by atoms with E-state index in [1.807, 2.05) is 32.0 Å². The molecule has 0 aliphatic carbocycles. The first-order valence-corrected chi connectivity index (χ1v) is 4.97. The summed E-state index contributed by atoms with van der Waals surface area (Å²) >= 11 is 0. The maximum absolute atomic E-state index is 11.6. The van der Waals surface area contributed by atoms with Crippen molar-refractivity contribution in [3.8, 4) is 5.69 Å². The van der Waals surface area contributed by atoms with E-state index in [0.29, 0.717) is 0 Å². The van der Waals surface area contributed by atoms with Gasteiger partial charge in [-0.15, -0.1) is 0 Å². The predicted octanol–water partition coefficient (Wildman–Crippen LogP) is 1.14. The molecule has 0 saturated carbocycles. The summed E-state index contributed by atoms with van der Waals surface area (Å²) in [6.45, 7) is 3.88. The van der Waals surface area contributed by atoms with E-state index in [1.165, 1.54) is 16.8 Å². The zero-order chi connectivity index (χ0) is 11.7. The van der Waals surface area contributed by atoms with Crippen LogP contribution in [0.3, 0.4) is 0 Å². The molecule has 82 valence electrons. The fourth-order valence-corrected chi connectivity index (χ4v) is 1.59. The molecule has 4 nitrogen and oxygen atoms in total. The Kier molecular flexibility index (Phi) is 2.48. The predicted molar refractivity (Wildman–Crippen MR) is 62.1 cm³/mol. The quantitative estimate of drug-likeness (QED) is 0.777. The SMILES string of the molecule is Cc1ccc(C)c(-n2ccc(=O)[nH]c2=O)c1. The molecule has 1 aromatic heterocycles. The number of aromatic amines is 1. The summed E-state index contributed by atoms with van der Waals surface area (Å²) in [6.07, 6.45) is 1.49. The molecule has 0 atom stereocenters. The van der Waals surface area contributed by atoms with Crippen molar-refractivity contribution in [2.24, 2.45) is 0 Å². The van der Waals surface area contributed by atoms with Crippen molar-refractivity contribution in [3.05, 3.63) is 62.4 Å². The average Bonchev–Trinajstić information content (AvgIpc) is 2.22. The fourth-order valence-electron chi connectivity index (χ4n) is 1.59. The number of rotatable bonds is 1. The number of benzene rings is 1. The number of aromatic nitrogens is 2. The van der Waals surface area contributed by atoms with Crippen molar-refractivity contribution >= 4 is 0 Å². The summed E-state index contributed by atoms with van der Waals surface area (Å²) in [5.74, 6) is 0. The molecule has 0 saturated heterocycles. The van der Waals surface area contributed by atoms with Gasteiger partial charge in [0, 0.05) is 12.3 Å². The summed E-state index contributed by atoms with van der Waals surface area (Å²) < 4.78 is 1.43. The van der Waals surface area contributed by atoms with Crippen LogP contribution in [0.15, 0.2) is 40.1 Å². The van der Waals surface area contributed by atoms with Crippen LogP contribution in [0, 0.1) is 13.8 Å². The second-order valence-electron chi connectivity index (χ2n) is 3.77. The lowest BCUT2D eigenvalue weighted by Crippen LogP contribution is -2.27. The lowest BCUT2D eigenvalue weighted by atomic mass is 10.1. The minimum Gasteiger partial charge on any atom is -0.274 e. The van der Waals surface area contributed by atoms with Crippen molar-refractivity contribution in [2.45, 2.75) is 13.8 Å². The number of hydrogen-bond donors (Lipinski definition) is 1. The number of H-pyrrole nitrogens is 1. The van der Waals surface area contributed by atoms with E-state index >= 15 is 0 Å². The van der Waals surface area contributed by atoms with Crippen molar-refractivity contribution in [2.75, 3.05) is 0 Å². The lowest BCUT2D eigenvalue weighted by Gasteiger charge is -2.08. The summed E-state index contributed by atoms with van der Waals surface area (Å²) in [5, 5.41) is 0. The molecular weight excluding hydrogens is 204 g/mol. The zero-order valence-corrected chi connectivity index (χ0v) is 9.15. The summed E-state index contributed by atoms with van der Waals surface area (Å²) in [5.41, 5.74) is 2.05. The molecule has 1 heterocycles. The standard InChI is InChI=1S/C12H12N2O2/c1-8-3-4-9(2)10(7-8)14-6-5-11(15)13-12(14)16/h3-7H,1-2H3,(H,13,15,16). The van der Waals surface area contributed by atoms with E-state index in [0.717, 1.165) is 16.8 Å². The lowest BCUT2D eigenvalue weighted by molar-refractivity contribution is 0.888. The van der Waals surface area contributed by atoms with Crippen LogP contribution < -0.4 is 11.2 Å². The van der Waals surface area contributed by atoms with Gasteiger partial charge in [-0.2, -0.15) is 0 Å². The number of hydrogen-bond acceptors (Lipinski definition) is 2. The Bertz CT molecular complexity index is 638. The Hall–Kier alpha value is -2.10. The van der Waals surface area contributed by atoms with E-state index in [2.05, 4.69) is 4.98 Å². The maximum atomic E-state index is 11.6. The van der Waals surface area contributed by atoms with Crippen LogP contribution in [0.5, 0.6) is 0 Å². The van der Waals surface area contributed by atoms with Crippen molar-refractivity contribution < 1.29 is 0 Å². The molecule has 2 aromatic rings. The molecule has 0 aliphatic rings. The van der Waals surface area contributed by atoms with Gasteiger partial charge in [-0.05, 0) is 31.0 Å². The zero-order valence-electron chi connectivity index (χ0n) is 9.15. The van der Waals surface area contributed by atoms with Gasteiger partial charge in [-0.3, -0.25) is 14.3 Å². The fraction of sp³-hybridized carbons (Fsp3) is 0.167. The highest BCUT2D eigenvalue weighted by atomic mass is 16.2. The Morgan fingerprint density at radius 3 is 2.56 bits per heavy atom. The summed E-state index contributed by atoms with van der Waals surface area (Å²) in [7, 11) is 0. The Labute approximate surface area is 92.2 Å². The van der Waals surface area contributed by atoms with Gasteiger partial charge < -0.3 is 0 Å². The second kappa shape index (κ2) is 3.81. The van der Waals surface area contributed by atoms with Gasteiger partial charge in [0.1, 0.15) is 0 Å². The summed E-state index contributed by atoms with van der Waals surface area (Å²) in [4.78, 5) is 24.8. The first-order chi connectivity index (χ1) is 7.58. The number of aryl methyl sites for hydroxylation is 2.